The lowest BCUT2D eigenvalue weighted by Gasteiger charge is -2.39. The maximum atomic E-state index is 13.3. The van der Waals surface area contributed by atoms with Crippen molar-refractivity contribution < 1.29 is 23.1 Å². The van der Waals surface area contributed by atoms with Gasteiger partial charge in [-0.25, -0.2) is 0 Å². The predicted octanol–water partition coefficient (Wildman–Crippen LogP) is 5.02. The number of nitrogens with zero attached hydrogens (tertiary/aromatic N) is 2. The Kier molecular flexibility index (Phi) is 5.99. The first-order chi connectivity index (χ1) is 14.7. The molecule has 2 atom stereocenters. The van der Waals surface area contributed by atoms with E-state index < -0.39 is 11.8 Å². The zero-order valence-electron chi connectivity index (χ0n) is 17.7. The van der Waals surface area contributed by atoms with Crippen molar-refractivity contribution in [2.45, 2.75) is 81.8 Å². The molecular formula is C24H29F3N2O2. The number of halogens is 3. The van der Waals surface area contributed by atoms with E-state index >= 15 is 0 Å². The average Bonchev–Trinajstić information content (AvgIpc) is 3.59. The second-order valence-electron chi connectivity index (χ2n) is 9.19. The number of benzene rings is 1. The van der Waals surface area contributed by atoms with Crippen molar-refractivity contribution in [1.29, 1.82) is 0 Å². The maximum absolute atomic E-state index is 13.3. The third-order valence-corrected chi connectivity index (χ3v) is 6.98. The van der Waals surface area contributed by atoms with Crippen LogP contribution in [0.25, 0.3) is 0 Å². The fourth-order valence-electron chi connectivity index (χ4n) is 4.81. The average molecular weight is 435 g/mol. The highest BCUT2D eigenvalue weighted by atomic mass is 19.4. The predicted molar refractivity (Wildman–Crippen MR) is 113 cm³/mol. The summed E-state index contributed by atoms with van der Waals surface area (Å²) in [6.45, 7) is 0.727. The van der Waals surface area contributed by atoms with E-state index in [-0.39, 0.29) is 23.6 Å². The van der Waals surface area contributed by atoms with Crippen molar-refractivity contribution in [3.8, 4) is 0 Å². The van der Waals surface area contributed by atoms with Crippen LogP contribution in [0.2, 0.25) is 0 Å². The molecule has 0 spiro atoms. The standard InChI is InChI=1S/C24H29F3N2O2/c1-23(31,24(25,26)27)18-9-5-17(6-10-18)22(30)29(20-13-14-20)19-11-7-16(8-12-19)21-4-2-3-15-28-21/h2-3,5-6,9-10,15-16,19-21,31H,4,7-8,11-14H2,1H3/t16?,19?,21?,23-/m0/s1. The van der Waals surface area contributed by atoms with E-state index in [9.17, 15) is 23.1 Å². The van der Waals surface area contributed by atoms with E-state index in [1.807, 2.05) is 17.2 Å². The van der Waals surface area contributed by atoms with E-state index in [2.05, 4.69) is 11.1 Å². The molecule has 0 radical (unpaired) electrons. The van der Waals surface area contributed by atoms with Gasteiger partial charge in [-0.15, -0.1) is 0 Å². The summed E-state index contributed by atoms with van der Waals surface area (Å²) in [4.78, 5) is 19.9. The molecule has 31 heavy (non-hydrogen) atoms. The molecule has 1 unspecified atom stereocenters. The summed E-state index contributed by atoms with van der Waals surface area (Å²) in [6.07, 6.45) is 8.09. The Labute approximate surface area is 180 Å². The van der Waals surface area contributed by atoms with Crippen molar-refractivity contribution in [3.05, 3.63) is 47.5 Å². The molecule has 1 heterocycles. The molecule has 1 aromatic carbocycles. The van der Waals surface area contributed by atoms with Crippen molar-refractivity contribution in [2.24, 2.45) is 10.9 Å². The minimum atomic E-state index is -4.78. The highest BCUT2D eigenvalue weighted by molar-refractivity contribution is 5.95. The molecule has 1 N–H and O–H groups in total. The molecule has 7 heteroatoms. The van der Waals surface area contributed by atoms with Crippen LogP contribution in [0.15, 0.2) is 41.4 Å². The number of hydrogen-bond donors (Lipinski definition) is 1. The fourth-order valence-corrected chi connectivity index (χ4v) is 4.81. The van der Waals surface area contributed by atoms with Gasteiger partial charge in [0.15, 0.2) is 5.60 Å². The van der Waals surface area contributed by atoms with E-state index in [0.29, 0.717) is 17.5 Å². The number of aliphatic imine (C=N–C) groups is 1. The second-order valence-corrected chi connectivity index (χ2v) is 9.19. The zero-order valence-corrected chi connectivity index (χ0v) is 17.7. The molecule has 4 rings (SSSR count). The topological polar surface area (TPSA) is 52.9 Å². The van der Waals surface area contributed by atoms with Crippen LogP contribution in [-0.2, 0) is 5.60 Å². The van der Waals surface area contributed by atoms with Gasteiger partial charge in [-0.1, -0.05) is 18.2 Å². The molecule has 1 aliphatic heterocycles. The van der Waals surface area contributed by atoms with Crippen LogP contribution in [0.3, 0.4) is 0 Å². The van der Waals surface area contributed by atoms with E-state index in [0.717, 1.165) is 51.9 Å². The number of alkyl halides is 3. The van der Waals surface area contributed by atoms with Crippen LogP contribution in [0.4, 0.5) is 13.2 Å². The van der Waals surface area contributed by atoms with Crippen molar-refractivity contribution in [3.63, 3.8) is 0 Å². The highest BCUT2D eigenvalue weighted by Gasteiger charge is 2.51. The minimum Gasteiger partial charge on any atom is -0.376 e. The molecule has 168 valence electrons. The Hall–Kier alpha value is -2.15. The number of amides is 1. The SMILES string of the molecule is C[C@](O)(c1ccc(C(=O)N(C2CCC(C3CC=CC=N3)CC2)C2CC2)cc1)C(F)(F)F. The van der Waals surface area contributed by atoms with Gasteiger partial charge in [0.05, 0.1) is 6.04 Å². The highest BCUT2D eigenvalue weighted by Crippen LogP contribution is 2.40. The molecule has 0 aromatic heterocycles. The minimum absolute atomic E-state index is 0.122. The number of carbonyl (C=O) groups excluding carboxylic acids is 1. The van der Waals surface area contributed by atoms with Crippen LogP contribution >= 0.6 is 0 Å². The fraction of sp³-hybridized carbons (Fsp3) is 0.583. The number of aliphatic hydroxyl groups is 1. The lowest BCUT2D eigenvalue weighted by Crippen LogP contribution is -2.44. The summed E-state index contributed by atoms with van der Waals surface area (Å²) < 4.78 is 39.3. The summed E-state index contributed by atoms with van der Waals surface area (Å²) in [7, 11) is 0. The number of dihydropyridines is 1. The molecular weight excluding hydrogens is 405 g/mol. The molecule has 1 amide bonds. The molecule has 2 aliphatic carbocycles. The molecule has 1 aromatic rings. The summed E-state index contributed by atoms with van der Waals surface area (Å²) in [5, 5.41) is 9.86. The number of rotatable bonds is 5. The van der Waals surface area contributed by atoms with Crippen LogP contribution in [-0.4, -0.2) is 46.4 Å². The summed E-state index contributed by atoms with van der Waals surface area (Å²) in [6, 6.07) is 5.95. The van der Waals surface area contributed by atoms with Gasteiger partial charge in [-0.2, -0.15) is 13.2 Å². The lowest BCUT2D eigenvalue weighted by atomic mass is 9.79. The Morgan fingerprint density at radius 1 is 1.03 bits per heavy atom. The van der Waals surface area contributed by atoms with Gasteiger partial charge in [-0.3, -0.25) is 9.79 Å². The summed E-state index contributed by atoms with van der Waals surface area (Å²) in [5.74, 6) is 0.417. The molecule has 2 saturated carbocycles. The van der Waals surface area contributed by atoms with Gasteiger partial charge >= 0.3 is 6.18 Å². The number of hydrogen-bond acceptors (Lipinski definition) is 3. The number of allylic oxidation sites excluding steroid dienone is 1. The van der Waals surface area contributed by atoms with Crippen molar-refractivity contribution >= 4 is 12.1 Å². The molecule has 0 saturated heterocycles. The Morgan fingerprint density at radius 2 is 1.61 bits per heavy atom. The first-order valence-corrected chi connectivity index (χ1v) is 11.1. The molecule has 4 nitrogen and oxygen atoms in total. The zero-order chi connectivity index (χ0) is 22.2. The first-order valence-electron chi connectivity index (χ1n) is 11.1. The monoisotopic (exact) mass is 434 g/mol. The quantitative estimate of drug-likeness (QED) is 0.708. The van der Waals surface area contributed by atoms with Gasteiger partial charge in [0.25, 0.3) is 5.91 Å². The van der Waals surface area contributed by atoms with Gasteiger partial charge in [0.1, 0.15) is 0 Å². The normalized spacial score (nSPS) is 28.2. The van der Waals surface area contributed by atoms with Crippen LogP contribution in [0.1, 0.15) is 67.8 Å². The Bertz CT molecular complexity index is 849. The van der Waals surface area contributed by atoms with Crippen molar-refractivity contribution in [2.75, 3.05) is 0 Å². The third-order valence-electron chi connectivity index (χ3n) is 6.98. The van der Waals surface area contributed by atoms with Crippen LogP contribution in [0, 0.1) is 5.92 Å². The molecule has 2 fully saturated rings. The van der Waals surface area contributed by atoms with Crippen LogP contribution < -0.4 is 0 Å². The Morgan fingerprint density at radius 3 is 2.10 bits per heavy atom. The van der Waals surface area contributed by atoms with Gasteiger partial charge < -0.3 is 10.0 Å². The second kappa shape index (κ2) is 8.41. The first kappa shape index (κ1) is 22.1. The maximum Gasteiger partial charge on any atom is 0.421 e. The lowest BCUT2D eigenvalue weighted by molar-refractivity contribution is -0.258. The smallest absolute Gasteiger partial charge is 0.376 e. The van der Waals surface area contributed by atoms with E-state index in [1.54, 1.807) is 0 Å². The molecule has 3 aliphatic rings. The summed E-state index contributed by atoms with van der Waals surface area (Å²) >= 11 is 0. The van der Waals surface area contributed by atoms with Gasteiger partial charge in [0, 0.05) is 23.9 Å². The van der Waals surface area contributed by atoms with E-state index in [4.69, 9.17) is 0 Å². The van der Waals surface area contributed by atoms with Gasteiger partial charge in [-0.05, 0) is 81.6 Å². The summed E-state index contributed by atoms with van der Waals surface area (Å²) in [5.41, 5.74) is -2.84. The van der Waals surface area contributed by atoms with Crippen LogP contribution in [0.5, 0.6) is 0 Å². The largest absolute Gasteiger partial charge is 0.421 e. The number of carbonyl (C=O) groups is 1. The molecule has 0 bridgehead atoms. The van der Waals surface area contributed by atoms with Gasteiger partial charge in [0.2, 0.25) is 0 Å². The van der Waals surface area contributed by atoms with Crippen molar-refractivity contribution in [1.82, 2.24) is 4.90 Å². The third kappa shape index (κ3) is 4.56. The Balaban J connectivity index is 1.44. The van der Waals surface area contributed by atoms with E-state index in [1.165, 1.54) is 24.3 Å².